The van der Waals surface area contributed by atoms with Crippen LogP contribution in [0.4, 0.5) is 28.4 Å². The molecule has 0 bridgehead atoms. The Hall–Kier alpha value is -6.10. The minimum Gasteiger partial charge on any atom is -0.508 e. The van der Waals surface area contributed by atoms with Gasteiger partial charge >= 0.3 is 0 Å². The summed E-state index contributed by atoms with van der Waals surface area (Å²) in [5.41, 5.74) is 3.12. The van der Waals surface area contributed by atoms with E-state index >= 15 is 0 Å². The van der Waals surface area contributed by atoms with Crippen LogP contribution in [0.3, 0.4) is 0 Å². The van der Waals surface area contributed by atoms with Crippen molar-refractivity contribution in [2.75, 3.05) is 35.9 Å². The SMILES string of the molecule is COc1ccc(O)c(C2C3=CCC4C(=O)N(c5ccc(N=Nc6ccc(N(C)C)cc6)cc5)C(=O)C4C3CC3C(=O)N(c4ccccc4)C(=O)C32C)c1. The molecule has 2 aliphatic carbocycles. The van der Waals surface area contributed by atoms with Gasteiger partial charge < -0.3 is 14.7 Å². The van der Waals surface area contributed by atoms with E-state index in [0.29, 0.717) is 34.1 Å². The summed E-state index contributed by atoms with van der Waals surface area (Å²) in [5, 5.41) is 20.0. The molecule has 2 aliphatic heterocycles. The Morgan fingerprint density at radius 3 is 2.06 bits per heavy atom. The van der Waals surface area contributed by atoms with Crippen molar-refractivity contribution >= 4 is 52.1 Å². The molecule has 6 unspecified atom stereocenters. The van der Waals surface area contributed by atoms with Crippen LogP contribution in [0, 0.1) is 29.1 Å². The number of imide groups is 2. The van der Waals surface area contributed by atoms with Gasteiger partial charge in [0.25, 0.3) is 0 Å². The molecule has 4 aliphatic rings. The number of hydrogen-bond donors (Lipinski definition) is 1. The molecule has 0 aromatic heterocycles. The van der Waals surface area contributed by atoms with Gasteiger partial charge in [-0.05, 0) is 105 Å². The topological polar surface area (TPSA) is 132 Å². The Morgan fingerprint density at radius 2 is 1.42 bits per heavy atom. The van der Waals surface area contributed by atoms with Gasteiger partial charge in [-0.3, -0.25) is 24.1 Å². The van der Waals surface area contributed by atoms with Gasteiger partial charge in [-0.1, -0.05) is 29.8 Å². The first-order valence-corrected chi connectivity index (χ1v) is 17.7. The van der Waals surface area contributed by atoms with Gasteiger partial charge in [0, 0.05) is 31.3 Å². The minimum absolute atomic E-state index is 0.0453. The lowest BCUT2D eigenvalue weighted by molar-refractivity contribution is -0.131. The molecule has 1 N–H and O–H groups in total. The van der Waals surface area contributed by atoms with E-state index in [2.05, 4.69) is 10.2 Å². The van der Waals surface area contributed by atoms with Crippen LogP contribution in [0.25, 0.3) is 0 Å². The maximum absolute atomic E-state index is 14.6. The van der Waals surface area contributed by atoms with Gasteiger partial charge in [-0.25, -0.2) is 4.90 Å². The highest BCUT2D eigenvalue weighted by Crippen LogP contribution is 2.64. The molecule has 268 valence electrons. The van der Waals surface area contributed by atoms with E-state index in [1.54, 1.807) is 67.6 Å². The largest absolute Gasteiger partial charge is 0.508 e. The fourth-order valence-corrected chi connectivity index (χ4v) is 8.93. The summed E-state index contributed by atoms with van der Waals surface area (Å²) in [5.74, 6) is -4.42. The van der Waals surface area contributed by atoms with Crippen molar-refractivity contribution < 1.29 is 29.0 Å². The zero-order chi connectivity index (χ0) is 37.2. The zero-order valence-corrected chi connectivity index (χ0v) is 29.8. The van der Waals surface area contributed by atoms with Crippen LogP contribution < -0.4 is 19.4 Å². The van der Waals surface area contributed by atoms with Gasteiger partial charge in [0.2, 0.25) is 23.6 Å². The molecule has 2 heterocycles. The van der Waals surface area contributed by atoms with E-state index < -0.39 is 35.0 Å². The number of ether oxygens (including phenoxy) is 1. The van der Waals surface area contributed by atoms with Crippen LogP contribution in [0.5, 0.6) is 11.5 Å². The number of phenols is 1. The molecule has 0 spiro atoms. The summed E-state index contributed by atoms with van der Waals surface area (Å²) in [6.07, 6.45) is 2.45. The number of carbonyl (C=O) groups is 4. The molecule has 8 rings (SSSR count). The van der Waals surface area contributed by atoms with E-state index in [0.717, 1.165) is 11.3 Å². The van der Waals surface area contributed by atoms with Gasteiger partial charge in [0.15, 0.2) is 0 Å². The number of rotatable bonds is 7. The fourth-order valence-electron chi connectivity index (χ4n) is 8.93. The van der Waals surface area contributed by atoms with E-state index in [4.69, 9.17) is 4.74 Å². The number of anilines is 3. The average molecular weight is 710 g/mol. The molecule has 53 heavy (non-hydrogen) atoms. The van der Waals surface area contributed by atoms with E-state index in [1.807, 2.05) is 55.4 Å². The molecule has 11 nitrogen and oxygen atoms in total. The first-order valence-electron chi connectivity index (χ1n) is 17.7. The van der Waals surface area contributed by atoms with Crippen LogP contribution in [0.2, 0.25) is 0 Å². The Morgan fingerprint density at radius 1 is 0.774 bits per heavy atom. The first kappa shape index (κ1) is 34.0. The molecule has 6 atom stereocenters. The van der Waals surface area contributed by atoms with Crippen molar-refractivity contribution in [3.63, 3.8) is 0 Å². The third kappa shape index (κ3) is 5.32. The van der Waals surface area contributed by atoms with Crippen LogP contribution >= 0.6 is 0 Å². The molecule has 1 saturated carbocycles. The van der Waals surface area contributed by atoms with Crippen molar-refractivity contribution in [2.24, 2.45) is 39.3 Å². The molecular weight excluding hydrogens is 670 g/mol. The van der Waals surface area contributed by atoms with Crippen LogP contribution in [0.1, 0.15) is 31.2 Å². The standard InChI is InChI=1S/C42H39N5O6/c1-42-34(39(50)47(41(42)52)27-8-6-5-7-9-27)23-32-30(37(42)33-22-29(53-4)18-21-35(33)48)19-20-31-36(32)40(51)46(38(31)49)28-16-12-25(13-17-28)44-43-24-10-14-26(15-11-24)45(2)3/h5-19,21-22,31-32,34,36-37,48H,20,23H2,1-4H3. The molecular formula is C42H39N5O6. The van der Waals surface area contributed by atoms with Crippen molar-refractivity contribution in [3.05, 3.63) is 114 Å². The maximum atomic E-state index is 14.6. The van der Waals surface area contributed by atoms with Crippen molar-refractivity contribution in [1.29, 1.82) is 0 Å². The summed E-state index contributed by atoms with van der Waals surface area (Å²) in [4.78, 5) is 62.0. The zero-order valence-electron chi connectivity index (χ0n) is 29.8. The predicted molar refractivity (Wildman–Crippen MR) is 200 cm³/mol. The minimum atomic E-state index is -1.28. The number of benzene rings is 4. The van der Waals surface area contributed by atoms with Gasteiger partial charge in [-0.2, -0.15) is 10.2 Å². The van der Waals surface area contributed by atoms with E-state index in [1.165, 1.54) is 23.0 Å². The Bertz CT molecular complexity index is 2200. The summed E-state index contributed by atoms with van der Waals surface area (Å²) in [7, 11) is 5.45. The van der Waals surface area contributed by atoms with Gasteiger partial charge in [-0.15, -0.1) is 0 Å². The number of carbonyl (C=O) groups excluding carboxylic acids is 4. The maximum Gasteiger partial charge on any atom is 0.241 e. The fraction of sp³-hybridized carbons (Fsp3) is 0.286. The Kier molecular flexibility index (Phi) is 8.24. The summed E-state index contributed by atoms with van der Waals surface area (Å²) in [6, 6.07) is 28.1. The third-order valence-electron chi connectivity index (χ3n) is 11.6. The first-order chi connectivity index (χ1) is 25.5. The van der Waals surface area contributed by atoms with E-state index in [9.17, 15) is 24.3 Å². The normalized spacial score (nSPS) is 26.4. The van der Waals surface area contributed by atoms with Crippen LogP contribution in [-0.2, 0) is 19.2 Å². The van der Waals surface area contributed by atoms with Crippen molar-refractivity contribution in [1.82, 2.24) is 0 Å². The molecule has 11 heteroatoms. The number of para-hydroxylation sites is 1. The molecule has 2 saturated heterocycles. The quantitative estimate of drug-likeness (QED) is 0.121. The number of azo groups is 1. The summed E-state index contributed by atoms with van der Waals surface area (Å²) >= 11 is 0. The number of nitrogens with zero attached hydrogens (tertiary/aromatic N) is 5. The smallest absolute Gasteiger partial charge is 0.241 e. The molecule has 4 amide bonds. The number of amides is 4. The number of aromatic hydroxyl groups is 1. The second-order valence-electron chi connectivity index (χ2n) is 14.6. The summed E-state index contributed by atoms with van der Waals surface area (Å²) < 4.78 is 5.53. The average Bonchev–Trinajstić information content (AvgIpc) is 3.54. The lowest BCUT2D eigenvalue weighted by Gasteiger charge is -2.49. The highest BCUT2D eigenvalue weighted by atomic mass is 16.5. The molecule has 4 aromatic rings. The van der Waals surface area contributed by atoms with Gasteiger partial charge in [0.05, 0.1) is 53.0 Å². The Balaban J connectivity index is 1.14. The third-order valence-corrected chi connectivity index (χ3v) is 11.6. The van der Waals surface area contributed by atoms with Crippen molar-refractivity contribution in [3.8, 4) is 11.5 Å². The lowest BCUT2D eigenvalue weighted by atomic mass is 9.51. The van der Waals surface area contributed by atoms with E-state index in [-0.39, 0.29) is 42.2 Å². The number of allylic oxidation sites excluding steroid dienone is 2. The second-order valence-corrected chi connectivity index (χ2v) is 14.6. The highest BCUT2D eigenvalue weighted by molar-refractivity contribution is 6.25. The highest BCUT2D eigenvalue weighted by Gasteiger charge is 2.68. The number of phenolic OH excluding ortho intramolecular Hbond substituents is 1. The second kappa shape index (κ2) is 12.8. The van der Waals surface area contributed by atoms with Crippen LogP contribution in [-0.4, -0.2) is 49.9 Å². The monoisotopic (exact) mass is 709 g/mol. The molecule has 0 radical (unpaired) electrons. The molecule has 4 aromatic carbocycles. The predicted octanol–water partition coefficient (Wildman–Crippen LogP) is 7.32. The number of methoxy groups -OCH3 is 1. The lowest BCUT2D eigenvalue weighted by Crippen LogP contribution is -2.48. The van der Waals surface area contributed by atoms with Crippen LogP contribution in [0.15, 0.2) is 119 Å². The Labute approximate surface area is 307 Å². The van der Waals surface area contributed by atoms with Gasteiger partial charge in [0.1, 0.15) is 11.5 Å². The molecule has 3 fully saturated rings. The number of fused-ring (bicyclic) bond motifs is 4. The van der Waals surface area contributed by atoms with Crippen molar-refractivity contribution in [2.45, 2.75) is 25.7 Å². The summed E-state index contributed by atoms with van der Waals surface area (Å²) in [6.45, 7) is 1.79. The number of hydrogen-bond acceptors (Lipinski definition) is 9.